The highest BCUT2D eigenvalue weighted by Crippen LogP contribution is 2.35. The summed E-state index contributed by atoms with van der Waals surface area (Å²) in [7, 11) is 1.76. The van der Waals surface area contributed by atoms with E-state index in [0.29, 0.717) is 6.54 Å². The summed E-state index contributed by atoms with van der Waals surface area (Å²) in [5.74, 6) is -0.0530. The molecule has 2 N–H and O–H groups in total. The monoisotopic (exact) mass is 276 g/mol. The standard InChI is InChI=1S/C16H24N2O2/c1-11-9-13(12-7-5-6-8-14(12)17-11)15(19)18(4)10-16(2,3)20/h5-8,11,13,17,20H,9-10H2,1-4H3. The van der Waals surface area contributed by atoms with Gasteiger partial charge in [0.15, 0.2) is 0 Å². The van der Waals surface area contributed by atoms with E-state index in [2.05, 4.69) is 12.2 Å². The van der Waals surface area contributed by atoms with Crippen molar-refractivity contribution in [3.8, 4) is 0 Å². The average molecular weight is 276 g/mol. The van der Waals surface area contributed by atoms with E-state index in [4.69, 9.17) is 0 Å². The van der Waals surface area contributed by atoms with Crippen LogP contribution in [0.15, 0.2) is 24.3 Å². The van der Waals surface area contributed by atoms with Gasteiger partial charge in [0, 0.05) is 25.3 Å². The van der Waals surface area contributed by atoms with Gasteiger partial charge in [-0.1, -0.05) is 18.2 Å². The van der Waals surface area contributed by atoms with Crippen LogP contribution in [0.25, 0.3) is 0 Å². The van der Waals surface area contributed by atoms with Crippen molar-refractivity contribution in [1.82, 2.24) is 4.90 Å². The number of aliphatic hydroxyl groups is 1. The molecule has 2 atom stereocenters. The molecular weight excluding hydrogens is 252 g/mol. The van der Waals surface area contributed by atoms with Gasteiger partial charge in [0.2, 0.25) is 5.91 Å². The van der Waals surface area contributed by atoms with Crippen molar-refractivity contribution in [3.05, 3.63) is 29.8 Å². The molecule has 1 aliphatic rings. The van der Waals surface area contributed by atoms with Gasteiger partial charge in [-0.25, -0.2) is 0 Å². The van der Waals surface area contributed by atoms with Crippen LogP contribution in [0.2, 0.25) is 0 Å². The van der Waals surface area contributed by atoms with Crippen LogP contribution in [-0.4, -0.2) is 41.1 Å². The Morgan fingerprint density at radius 3 is 2.75 bits per heavy atom. The van der Waals surface area contributed by atoms with Crippen LogP contribution in [0.4, 0.5) is 5.69 Å². The lowest BCUT2D eigenvalue weighted by atomic mass is 9.86. The zero-order valence-corrected chi connectivity index (χ0v) is 12.7. The minimum Gasteiger partial charge on any atom is -0.389 e. The van der Waals surface area contributed by atoms with Crippen molar-refractivity contribution in [3.63, 3.8) is 0 Å². The molecule has 0 radical (unpaired) electrons. The predicted molar refractivity (Wildman–Crippen MR) is 80.8 cm³/mol. The summed E-state index contributed by atoms with van der Waals surface area (Å²) in [6.45, 7) is 5.87. The van der Waals surface area contributed by atoms with E-state index in [0.717, 1.165) is 17.7 Å². The third kappa shape index (κ3) is 3.31. The molecule has 0 fully saturated rings. The first-order chi connectivity index (χ1) is 9.28. The molecule has 110 valence electrons. The second-order valence-electron chi connectivity index (χ2n) is 6.43. The van der Waals surface area contributed by atoms with E-state index in [1.165, 1.54) is 0 Å². The lowest BCUT2D eigenvalue weighted by Crippen LogP contribution is -2.43. The molecule has 0 bridgehead atoms. The SMILES string of the molecule is CC1CC(C(=O)N(C)CC(C)(C)O)c2ccccc2N1. The van der Waals surface area contributed by atoms with Crippen molar-refractivity contribution in [2.45, 2.75) is 44.8 Å². The van der Waals surface area contributed by atoms with Crippen LogP contribution >= 0.6 is 0 Å². The molecule has 0 saturated carbocycles. The number of rotatable bonds is 3. The van der Waals surface area contributed by atoms with Gasteiger partial charge in [-0.3, -0.25) is 4.79 Å². The van der Waals surface area contributed by atoms with Crippen LogP contribution in [0.5, 0.6) is 0 Å². The molecule has 4 nitrogen and oxygen atoms in total. The maximum absolute atomic E-state index is 12.7. The number of para-hydroxylation sites is 1. The topological polar surface area (TPSA) is 52.6 Å². The van der Waals surface area contributed by atoms with Crippen LogP contribution in [0, 0.1) is 0 Å². The zero-order valence-electron chi connectivity index (χ0n) is 12.7. The largest absolute Gasteiger partial charge is 0.389 e. The number of carbonyl (C=O) groups excluding carboxylic acids is 1. The quantitative estimate of drug-likeness (QED) is 0.890. The third-order valence-corrected chi connectivity index (χ3v) is 3.63. The number of anilines is 1. The van der Waals surface area contributed by atoms with Crippen molar-refractivity contribution in [2.24, 2.45) is 0 Å². The van der Waals surface area contributed by atoms with Crippen LogP contribution < -0.4 is 5.32 Å². The van der Waals surface area contributed by atoms with E-state index in [-0.39, 0.29) is 17.9 Å². The van der Waals surface area contributed by atoms with Gasteiger partial charge in [0.1, 0.15) is 0 Å². The smallest absolute Gasteiger partial charge is 0.230 e. The van der Waals surface area contributed by atoms with Gasteiger partial charge in [-0.2, -0.15) is 0 Å². The predicted octanol–water partition coefficient (Wildman–Crippen LogP) is 2.20. The average Bonchev–Trinajstić information content (AvgIpc) is 2.34. The van der Waals surface area contributed by atoms with E-state index in [1.807, 2.05) is 24.3 Å². The number of amides is 1. The van der Waals surface area contributed by atoms with Gasteiger partial charge in [0.05, 0.1) is 11.5 Å². The van der Waals surface area contributed by atoms with Crippen molar-refractivity contribution >= 4 is 11.6 Å². The second-order valence-corrected chi connectivity index (χ2v) is 6.43. The number of nitrogens with one attached hydrogen (secondary N) is 1. The van der Waals surface area contributed by atoms with Crippen molar-refractivity contribution in [1.29, 1.82) is 0 Å². The van der Waals surface area contributed by atoms with Crippen LogP contribution in [0.1, 0.15) is 38.7 Å². The van der Waals surface area contributed by atoms with Crippen molar-refractivity contribution < 1.29 is 9.90 Å². The van der Waals surface area contributed by atoms with Crippen molar-refractivity contribution in [2.75, 3.05) is 18.9 Å². The molecule has 2 unspecified atom stereocenters. The van der Waals surface area contributed by atoms with Gasteiger partial charge < -0.3 is 15.3 Å². The fourth-order valence-electron chi connectivity index (χ4n) is 2.90. The first-order valence-corrected chi connectivity index (χ1v) is 7.11. The highest BCUT2D eigenvalue weighted by molar-refractivity contribution is 5.86. The maximum atomic E-state index is 12.7. The minimum atomic E-state index is -0.873. The lowest BCUT2D eigenvalue weighted by Gasteiger charge is -2.34. The summed E-state index contributed by atoms with van der Waals surface area (Å²) in [5.41, 5.74) is 1.22. The van der Waals surface area contributed by atoms with Crippen LogP contribution in [0.3, 0.4) is 0 Å². The summed E-state index contributed by atoms with van der Waals surface area (Å²) >= 11 is 0. The van der Waals surface area contributed by atoms with Gasteiger partial charge >= 0.3 is 0 Å². The fraction of sp³-hybridized carbons (Fsp3) is 0.562. The van der Waals surface area contributed by atoms with E-state index in [1.54, 1.807) is 25.8 Å². The second kappa shape index (κ2) is 5.44. The number of benzene rings is 1. The number of hydrogen-bond donors (Lipinski definition) is 2. The first kappa shape index (κ1) is 14.9. The molecule has 0 aromatic heterocycles. The molecule has 1 heterocycles. The Hall–Kier alpha value is -1.55. The maximum Gasteiger partial charge on any atom is 0.230 e. The number of nitrogens with zero attached hydrogens (tertiary/aromatic N) is 1. The van der Waals surface area contributed by atoms with E-state index >= 15 is 0 Å². The first-order valence-electron chi connectivity index (χ1n) is 7.11. The molecule has 1 aromatic rings. The number of carbonyl (C=O) groups is 1. The summed E-state index contributed by atoms with van der Waals surface area (Å²) < 4.78 is 0. The molecular formula is C16H24N2O2. The molecule has 1 amide bonds. The Bertz CT molecular complexity index is 493. The van der Waals surface area contributed by atoms with Gasteiger partial charge in [-0.05, 0) is 38.8 Å². The number of fused-ring (bicyclic) bond motifs is 1. The fourth-order valence-corrected chi connectivity index (χ4v) is 2.90. The Balaban J connectivity index is 2.22. The summed E-state index contributed by atoms with van der Waals surface area (Å²) in [4.78, 5) is 14.3. The lowest BCUT2D eigenvalue weighted by molar-refractivity contribution is -0.134. The molecule has 0 saturated heterocycles. The van der Waals surface area contributed by atoms with Gasteiger partial charge in [-0.15, -0.1) is 0 Å². The molecule has 20 heavy (non-hydrogen) atoms. The molecule has 0 aliphatic carbocycles. The van der Waals surface area contributed by atoms with E-state index < -0.39 is 5.60 Å². The molecule has 2 rings (SSSR count). The molecule has 0 spiro atoms. The Morgan fingerprint density at radius 2 is 2.10 bits per heavy atom. The van der Waals surface area contributed by atoms with E-state index in [9.17, 15) is 9.90 Å². The number of hydrogen-bond acceptors (Lipinski definition) is 3. The Kier molecular flexibility index (Phi) is 4.04. The minimum absolute atomic E-state index is 0.0768. The van der Waals surface area contributed by atoms with Crippen LogP contribution in [-0.2, 0) is 4.79 Å². The van der Waals surface area contributed by atoms with Gasteiger partial charge in [0.25, 0.3) is 0 Å². The third-order valence-electron chi connectivity index (χ3n) is 3.63. The highest BCUT2D eigenvalue weighted by Gasteiger charge is 2.32. The Morgan fingerprint density at radius 1 is 1.45 bits per heavy atom. The summed E-state index contributed by atoms with van der Waals surface area (Å²) in [5, 5.41) is 13.3. The zero-order chi connectivity index (χ0) is 14.9. The summed E-state index contributed by atoms with van der Waals surface area (Å²) in [6.07, 6.45) is 0.784. The summed E-state index contributed by atoms with van der Waals surface area (Å²) in [6, 6.07) is 8.24. The Labute approximate surface area is 120 Å². The molecule has 4 heteroatoms. The number of likely N-dealkylation sites (N-methyl/N-ethyl adjacent to an activating group) is 1. The molecule has 1 aliphatic heterocycles. The highest BCUT2D eigenvalue weighted by atomic mass is 16.3. The molecule has 1 aromatic carbocycles. The normalized spacial score (nSPS) is 21.9.